The summed E-state index contributed by atoms with van der Waals surface area (Å²) in [6, 6.07) is 9.58. The van der Waals surface area contributed by atoms with E-state index in [-0.39, 0.29) is 40.8 Å². The number of nitrogens with zero attached hydrogens (tertiary/aromatic N) is 1. The van der Waals surface area contributed by atoms with Crippen LogP contribution in [0.15, 0.2) is 45.4 Å². The fraction of sp³-hybridized carbons (Fsp3) is 0.158. The van der Waals surface area contributed by atoms with Crippen molar-refractivity contribution in [2.45, 2.75) is 0 Å². The van der Waals surface area contributed by atoms with Crippen molar-refractivity contribution in [1.82, 2.24) is 4.48 Å². The Bertz CT molecular complexity index is 982. The predicted octanol–water partition coefficient (Wildman–Crippen LogP) is 1.94. The van der Waals surface area contributed by atoms with E-state index in [4.69, 9.17) is 5.41 Å². The molecule has 8 heteroatoms. The molecule has 1 aliphatic carbocycles. The number of hydrogen-bond acceptors (Lipinski definition) is 4. The van der Waals surface area contributed by atoms with Gasteiger partial charge in [-0.15, -0.1) is 0 Å². The summed E-state index contributed by atoms with van der Waals surface area (Å²) in [6.07, 6.45) is 1.40. The smallest absolute Gasteiger partial charge is 0.200 e. The van der Waals surface area contributed by atoms with Gasteiger partial charge in [-0.3, -0.25) is 9.28 Å². The summed E-state index contributed by atoms with van der Waals surface area (Å²) in [6.45, 7) is 0. The number of carbonyl (C=O) groups excluding carboxylic acids is 1. The zero-order valence-corrected chi connectivity index (χ0v) is 18.8. The molecule has 5 nitrogen and oxygen atoms in total. The summed E-state index contributed by atoms with van der Waals surface area (Å²) >= 11 is 6.57. The van der Waals surface area contributed by atoms with E-state index in [1.54, 1.807) is 6.07 Å². The Kier molecular flexibility index (Phi) is 6.21. The van der Waals surface area contributed by atoms with Crippen LogP contribution in [0.3, 0.4) is 0 Å². The summed E-state index contributed by atoms with van der Waals surface area (Å²) in [4.78, 5) is 12.4. The van der Waals surface area contributed by atoms with Crippen LogP contribution < -0.4 is 22.2 Å². The number of nitrogens with one attached hydrogen (secondary N) is 2. The highest BCUT2D eigenvalue weighted by atomic mass is 79.9. The van der Waals surface area contributed by atoms with Crippen LogP contribution in [0.4, 0.5) is 17.1 Å². The van der Waals surface area contributed by atoms with Crippen LogP contribution >= 0.6 is 31.9 Å². The summed E-state index contributed by atoms with van der Waals surface area (Å²) in [7, 11) is 6.23. The second-order valence-corrected chi connectivity index (χ2v) is 8.58. The Balaban J connectivity index is 0.00000261. The number of phenols is 1. The molecule has 2 aromatic carbocycles. The van der Waals surface area contributed by atoms with Gasteiger partial charge in [0.25, 0.3) is 0 Å². The van der Waals surface area contributed by atoms with Gasteiger partial charge in [0, 0.05) is 17.3 Å². The number of allylic oxidation sites excluding steroid dienone is 2. The van der Waals surface area contributed by atoms with Crippen LogP contribution in [0.25, 0.3) is 0 Å². The number of phenolic OH excluding ortho intramolecular Hbond substituents is 1. The molecule has 3 rings (SSSR count). The summed E-state index contributed by atoms with van der Waals surface area (Å²) in [5.74, 6) is -0.385. The first-order valence-corrected chi connectivity index (χ1v) is 9.43. The molecule has 0 saturated carbocycles. The first-order valence-electron chi connectivity index (χ1n) is 7.85. The van der Waals surface area contributed by atoms with Crippen LogP contribution in [0.5, 0.6) is 5.75 Å². The molecule has 0 bridgehead atoms. The highest BCUT2D eigenvalue weighted by molar-refractivity contribution is 9.12. The lowest BCUT2D eigenvalue weighted by atomic mass is 9.92. The van der Waals surface area contributed by atoms with E-state index in [1.807, 2.05) is 24.3 Å². The van der Waals surface area contributed by atoms with Crippen molar-refractivity contribution in [2.75, 3.05) is 26.5 Å². The number of anilines is 2. The quantitative estimate of drug-likeness (QED) is 0.548. The maximum absolute atomic E-state index is 12.4. The Labute approximate surface area is 180 Å². The van der Waals surface area contributed by atoms with Gasteiger partial charge in [0.05, 0.1) is 47.1 Å². The van der Waals surface area contributed by atoms with Crippen molar-refractivity contribution in [3.05, 3.63) is 56.5 Å². The number of aromatic hydroxyl groups is 1. The number of quaternary nitrogens is 1. The molecule has 0 unspecified atom stereocenters. The lowest BCUT2D eigenvalue weighted by molar-refractivity contribution is -0.0000136. The van der Waals surface area contributed by atoms with Crippen LogP contribution in [0, 0.1) is 5.41 Å². The predicted molar refractivity (Wildman–Crippen MR) is 113 cm³/mol. The van der Waals surface area contributed by atoms with Crippen molar-refractivity contribution in [1.29, 1.82) is 5.41 Å². The maximum Gasteiger partial charge on any atom is 0.200 e. The normalized spacial score (nSPS) is 13.6. The molecule has 0 fully saturated rings. The minimum atomic E-state index is -0.262. The molecule has 1 aliphatic rings. The van der Waals surface area contributed by atoms with E-state index < -0.39 is 0 Å². The van der Waals surface area contributed by atoms with E-state index in [0.717, 1.165) is 11.4 Å². The minimum Gasteiger partial charge on any atom is -1.00 e. The zero-order chi connectivity index (χ0) is 19.2. The molecule has 27 heavy (non-hydrogen) atoms. The minimum absolute atomic E-state index is 0. The van der Waals surface area contributed by atoms with E-state index in [1.165, 1.54) is 6.08 Å². The summed E-state index contributed by atoms with van der Waals surface area (Å²) < 4.78 is 1.38. The van der Waals surface area contributed by atoms with Crippen LogP contribution in [0.2, 0.25) is 0 Å². The lowest BCUT2D eigenvalue weighted by Crippen LogP contribution is -3.00. The SMILES string of the molecule is C[N+](C)(C)c1cccc(Nc2cc3c(c(O)c2Br)C(=N)C=C(Br)C3=O)c1.[Cl-]. The molecule has 0 aliphatic heterocycles. The van der Waals surface area contributed by atoms with Crippen LogP contribution in [0.1, 0.15) is 15.9 Å². The Hall–Kier alpha value is -1.67. The fourth-order valence-corrected chi connectivity index (χ4v) is 3.59. The second-order valence-electron chi connectivity index (χ2n) is 6.93. The number of hydrogen-bond donors (Lipinski definition) is 3. The zero-order valence-electron chi connectivity index (χ0n) is 14.9. The number of halogens is 3. The van der Waals surface area contributed by atoms with E-state index >= 15 is 0 Å². The lowest BCUT2D eigenvalue weighted by Gasteiger charge is -2.24. The number of ketones is 1. The summed E-state index contributed by atoms with van der Waals surface area (Å²) in [5, 5.41) is 21.8. The number of Topliss-reactive ketones (excluding diaryl/α,β-unsaturated/α-hetero) is 1. The van der Waals surface area contributed by atoms with Gasteiger partial charge in [-0.2, -0.15) is 0 Å². The van der Waals surface area contributed by atoms with Gasteiger partial charge in [0.1, 0.15) is 11.4 Å². The van der Waals surface area contributed by atoms with Gasteiger partial charge in [0.2, 0.25) is 5.78 Å². The third-order valence-corrected chi connectivity index (χ3v) is 5.53. The van der Waals surface area contributed by atoms with Crippen molar-refractivity contribution >= 4 is 60.4 Å². The van der Waals surface area contributed by atoms with Crippen molar-refractivity contribution < 1.29 is 22.3 Å². The third kappa shape index (κ3) is 4.11. The molecule has 0 aromatic heterocycles. The average Bonchev–Trinajstić information content (AvgIpc) is 2.56. The molecule has 0 spiro atoms. The third-order valence-electron chi connectivity index (χ3n) is 4.14. The molecule has 0 amide bonds. The second kappa shape index (κ2) is 7.75. The Morgan fingerprint density at radius 2 is 1.81 bits per heavy atom. The van der Waals surface area contributed by atoms with Crippen LogP contribution in [-0.4, -0.2) is 37.7 Å². The number of rotatable bonds is 3. The average molecular weight is 516 g/mol. The number of fused-ring (bicyclic) bond motifs is 1. The van der Waals surface area contributed by atoms with Gasteiger partial charge >= 0.3 is 0 Å². The van der Waals surface area contributed by atoms with Crippen molar-refractivity contribution in [3.8, 4) is 5.75 Å². The molecule has 142 valence electrons. The molecular weight excluding hydrogens is 497 g/mol. The molecule has 0 heterocycles. The van der Waals surface area contributed by atoms with Gasteiger partial charge in [-0.25, -0.2) is 0 Å². The van der Waals surface area contributed by atoms with Gasteiger partial charge in [0.15, 0.2) is 0 Å². The largest absolute Gasteiger partial charge is 1.00 e. The maximum atomic E-state index is 12.4. The molecule has 0 atom stereocenters. The molecule has 0 radical (unpaired) electrons. The van der Waals surface area contributed by atoms with E-state index in [2.05, 4.69) is 58.3 Å². The summed E-state index contributed by atoms with van der Waals surface area (Å²) in [5.41, 5.74) is 3.11. The monoisotopic (exact) mass is 513 g/mol. The van der Waals surface area contributed by atoms with Crippen molar-refractivity contribution in [2.24, 2.45) is 0 Å². The van der Waals surface area contributed by atoms with E-state index in [0.29, 0.717) is 19.1 Å². The number of carbonyl (C=O) groups is 1. The van der Waals surface area contributed by atoms with Gasteiger partial charge in [-0.05, 0) is 56.1 Å². The van der Waals surface area contributed by atoms with Crippen molar-refractivity contribution in [3.63, 3.8) is 0 Å². The fourth-order valence-electron chi connectivity index (χ4n) is 2.74. The standard InChI is InChI=1S/C19H17Br2N3O2.ClH/c1-24(2,3)11-6-4-5-10(7-11)23-15-8-12-16(19(26)17(15)21)14(22)9-13(20)18(12)25;/h4-9H,1-3H3,(H2-,22,23,26);1H. The molecular formula is C19H18Br2ClN3O2. The van der Waals surface area contributed by atoms with Gasteiger partial charge in [-0.1, -0.05) is 6.07 Å². The highest BCUT2D eigenvalue weighted by Crippen LogP contribution is 2.42. The highest BCUT2D eigenvalue weighted by Gasteiger charge is 2.28. The first-order chi connectivity index (χ1) is 12.1. The Morgan fingerprint density at radius 3 is 2.44 bits per heavy atom. The molecule has 2 aromatic rings. The molecule has 0 saturated heterocycles. The topological polar surface area (TPSA) is 73.2 Å². The number of benzene rings is 2. The van der Waals surface area contributed by atoms with Gasteiger partial charge < -0.3 is 28.2 Å². The van der Waals surface area contributed by atoms with Crippen LogP contribution in [-0.2, 0) is 0 Å². The van der Waals surface area contributed by atoms with E-state index in [9.17, 15) is 9.90 Å². The first kappa shape index (κ1) is 21.6. The molecule has 3 N–H and O–H groups in total. The Morgan fingerprint density at radius 1 is 1.15 bits per heavy atom.